The van der Waals surface area contributed by atoms with E-state index in [2.05, 4.69) is 20.8 Å². The van der Waals surface area contributed by atoms with Crippen molar-refractivity contribution in [3.63, 3.8) is 0 Å². The first-order chi connectivity index (χ1) is 3.98. The van der Waals surface area contributed by atoms with E-state index in [9.17, 15) is 5.11 Å². The Bertz CT molecular complexity index is 79.0. The summed E-state index contributed by atoms with van der Waals surface area (Å²) in [6.07, 6.45) is 0.914. The van der Waals surface area contributed by atoms with Gasteiger partial charge in [-0.15, -0.1) is 0 Å². The van der Waals surface area contributed by atoms with Crippen LogP contribution in [0.5, 0.6) is 0 Å². The summed E-state index contributed by atoms with van der Waals surface area (Å²) in [6.45, 7) is 8.39. The molecule has 0 aliphatic heterocycles. The van der Waals surface area contributed by atoms with Crippen LogP contribution in [-0.2, 0) is 0 Å². The number of hydrogen-bond acceptors (Lipinski definition) is 1. The zero-order valence-electron chi connectivity index (χ0n) is 6.94. The van der Waals surface area contributed by atoms with Gasteiger partial charge in [0.2, 0.25) is 0 Å². The Hall–Kier alpha value is 0.177. The van der Waals surface area contributed by atoms with E-state index in [-0.39, 0.29) is 14.7 Å². The van der Waals surface area contributed by atoms with Gasteiger partial charge in [0.05, 0.1) is 9.52 Å². The number of rotatable bonds is 3. The predicted molar refractivity (Wildman–Crippen MR) is 44.6 cm³/mol. The summed E-state index contributed by atoms with van der Waals surface area (Å²) >= 11 is 0. The van der Waals surface area contributed by atoms with Crippen LogP contribution in [0.3, 0.4) is 0 Å². The third-order valence-corrected chi connectivity index (χ3v) is 3.81. The lowest BCUT2D eigenvalue weighted by Crippen LogP contribution is -2.32. The van der Waals surface area contributed by atoms with Gasteiger partial charge in [0.25, 0.3) is 0 Å². The molecular weight excluding hydrogens is 128 g/mol. The van der Waals surface area contributed by atoms with E-state index in [0.717, 1.165) is 12.0 Å². The highest BCUT2D eigenvalue weighted by Gasteiger charge is 2.18. The first-order valence-corrected chi connectivity index (χ1v) is 5.22. The highest BCUT2D eigenvalue weighted by Crippen LogP contribution is 2.12. The van der Waals surface area contributed by atoms with Crippen LogP contribution in [0.1, 0.15) is 34.1 Å². The molecular formula is C7H18OSi. The minimum absolute atomic E-state index is 0.270. The van der Waals surface area contributed by atoms with Crippen molar-refractivity contribution in [1.29, 1.82) is 0 Å². The van der Waals surface area contributed by atoms with Crippen molar-refractivity contribution in [1.82, 2.24) is 0 Å². The van der Waals surface area contributed by atoms with Crippen LogP contribution in [0.4, 0.5) is 0 Å². The Morgan fingerprint density at radius 3 is 2.11 bits per heavy atom. The highest BCUT2D eigenvalue weighted by molar-refractivity contribution is 6.41. The molecule has 0 heterocycles. The van der Waals surface area contributed by atoms with Crippen molar-refractivity contribution in [3.8, 4) is 0 Å². The van der Waals surface area contributed by atoms with Gasteiger partial charge in [-0.05, 0) is 13.3 Å². The first kappa shape index (κ1) is 9.18. The van der Waals surface area contributed by atoms with Crippen molar-refractivity contribution in [2.75, 3.05) is 0 Å². The fourth-order valence-corrected chi connectivity index (χ4v) is 3.07. The molecule has 0 saturated carbocycles. The maximum absolute atomic E-state index is 9.56. The Labute approximate surface area is 60.3 Å². The molecule has 0 aliphatic carbocycles. The molecule has 0 amide bonds. The summed E-state index contributed by atoms with van der Waals surface area (Å²) < 4.78 is 0. The summed E-state index contributed by atoms with van der Waals surface area (Å²) in [5.74, 6) is 0. The normalized spacial score (nSPS) is 19.3. The van der Waals surface area contributed by atoms with Crippen molar-refractivity contribution in [2.45, 2.75) is 44.9 Å². The van der Waals surface area contributed by atoms with Gasteiger partial charge in [-0.1, -0.05) is 26.3 Å². The lowest BCUT2D eigenvalue weighted by molar-refractivity contribution is 0.139. The second kappa shape index (κ2) is 3.37. The molecule has 9 heavy (non-hydrogen) atoms. The van der Waals surface area contributed by atoms with Gasteiger partial charge < -0.3 is 5.11 Å². The van der Waals surface area contributed by atoms with E-state index in [4.69, 9.17) is 0 Å². The monoisotopic (exact) mass is 146 g/mol. The Morgan fingerprint density at radius 2 is 2.00 bits per heavy atom. The Kier molecular flexibility index (Phi) is 3.44. The van der Waals surface area contributed by atoms with Crippen molar-refractivity contribution >= 4 is 9.52 Å². The molecule has 1 N–H and O–H groups in total. The third-order valence-electron chi connectivity index (χ3n) is 1.61. The van der Waals surface area contributed by atoms with Gasteiger partial charge in [0, 0.05) is 5.22 Å². The molecule has 0 aliphatic rings. The molecule has 2 heteroatoms. The van der Waals surface area contributed by atoms with E-state index in [1.165, 1.54) is 0 Å². The zero-order chi connectivity index (χ0) is 7.49. The van der Waals surface area contributed by atoms with E-state index in [1.807, 2.05) is 6.92 Å². The Morgan fingerprint density at radius 1 is 1.56 bits per heavy atom. The molecule has 1 unspecified atom stereocenters. The molecule has 0 radical (unpaired) electrons. The molecule has 56 valence electrons. The van der Waals surface area contributed by atoms with Crippen molar-refractivity contribution < 1.29 is 5.11 Å². The second-order valence-corrected chi connectivity index (χ2v) is 7.01. The molecule has 0 aromatic rings. The van der Waals surface area contributed by atoms with Gasteiger partial charge in [-0.2, -0.15) is 0 Å². The number of aliphatic hydroxyl groups is 1. The summed E-state index contributed by atoms with van der Waals surface area (Å²) in [6, 6.07) is 0. The van der Waals surface area contributed by atoms with Gasteiger partial charge in [-0.25, -0.2) is 0 Å². The average Bonchev–Trinajstić information content (AvgIpc) is 1.63. The summed E-state index contributed by atoms with van der Waals surface area (Å²) in [7, 11) is -0.270. The molecule has 0 spiro atoms. The van der Waals surface area contributed by atoms with Crippen LogP contribution in [0.2, 0.25) is 5.54 Å². The lowest BCUT2D eigenvalue weighted by atomic mass is 10.3. The van der Waals surface area contributed by atoms with Gasteiger partial charge in [0.1, 0.15) is 0 Å². The van der Waals surface area contributed by atoms with Crippen LogP contribution in [0, 0.1) is 0 Å². The topological polar surface area (TPSA) is 20.2 Å². The van der Waals surface area contributed by atoms with Crippen LogP contribution >= 0.6 is 0 Å². The maximum Gasteiger partial charge on any atom is 0.0613 e. The standard InChI is InChI=1S/C7H18OSi/c1-5-7(4,8)9-6(2)3/h6,8H,5,9H2,1-4H3. The van der Waals surface area contributed by atoms with Gasteiger partial charge >= 0.3 is 0 Å². The summed E-state index contributed by atoms with van der Waals surface area (Å²) in [5.41, 5.74) is 0.736. The smallest absolute Gasteiger partial charge is 0.0613 e. The maximum atomic E-state index is 9.56. The number of hydrogen-bond donors (Lipinski definition) is 1. The van der Waals surface area contributed by atoms with E-state index in [0.29, 0.717) is 0 Å². The third kappa shape index (κ3) is 4.67. The SMILES string of the molecule is CCC(C)(O)[SiH2]C(C)C. The van der Waals surface area contributed by atoms with Crippen molar-refractivity contribution in [2.24, 2.45) is 0 Å². The minimum Gasteiger partial charge on any atom is -0.394 e. The average molecular weight is 146 g/mol. The van der Waals surface area contributed by atoms with E-state index >= 15 is 0 Å². The highest BCUT2D eigenvalue weighted by atomic mass is 28.2. The Balaban J connectivity index is 3.58. The molecule has 1 nitrogen and oxygen atoms in total. The molecule has 1 atom stereocenters. The van der Waals surface area contributed by atoms with Crippen LogP contribution in [-0.4, -0.2) is 19.9 Å². The van der Waals surface area contributed by atoms with Crippen LogP contribution in [0.15, 0.2) is 0 Å². The quantitative estimate of drug-likeness (QED) is 0.591. The second-order valence-electron chi connectivity index (χ2n) is 3.45. The molecule has 0 aromatic carbocycles. The molecule has 0 bridgehead atoms. The fraction of sp³-hybridized carbons (Fsp3) is 1.00. The molecule has 0 rings (SSSR count). The first-order valence-electron chi connectivity index (χ1n) is 3.70. The molecule has 0 aromatic heterocycles. The van der Waals surface area contributed by atoms with E-state index < -0.39 is 0 Å². The fourth-order valence-electron chi connectivity index (χ4n) is 1.02. The van der Waals surface area contributed by atoms with Crippen LogP contribution in [0.25, 0.3) is 0 Å². The minimum atomic E-state index is -0.297. The molecule has 0 saturated heterocycles. The van der Waals surface area contributed by atoms with Gasteiger partial charge in [-0.3, -0.25) is 0 Å². The van der Waals surface area contributed by atoms with Gasteiger partial charge in [0.15, 0.2) is 0 Å². The van der Waals surface area contributed by atoms with Crippen LogP contribution < -0.4 is 0 Å². The summed E-state index contributed by atoms with van der Waals surface area (Å²) in [5, 5.41) is 9.26. The van der Waals surface area contributed by atoms with E-state index in [1.54, 1.807) is 0 Å². The zero-order valence-corrected chi connectivity index (χ0v) is 8.35. The summed E-state index contributed by atoms with van der Waals surface area (Å²) in [4.78, 5) is 0. The van der Waals surface area contributed by atoms with Crippen molar-refractivity contribution in [3.05, 3.63) is 0 Å². The largest absolute Gasteiger partial charge is 0.394 e. The molecule has 0 fully saturated rings. The lowest BCUT2D eigenvalue weighted by Gasteiger charge is -2.22. The predicted octanol–water partition coefficient (Wildman–Crippen LogP) is 1.10.